The average Bonchev–Trinajstić information content (AvgIpc) is 2.87. The predicted octanol–water partition coefficient (Wildman–Crippen LogP) is 8.09. The van der Waals surface area contributed by atoms with Crippen molar-refractivity contribution in [3.8, 4) is 11.1 Å². The maximum atomic E-state index is 13.8. The molecule has 0 spiro atoms. The quantitative estimate of drug-likeness (QED) is 0.165. The molecule has 0 saturated carbocycles. The molecule has 180 valence electrons. The van der Waals surface area contributed by atoms with Gasteiger partial charge in [-0.25, -0.2) is 39.5 Å². The van der Waals surface area contributed by atoms with Gasteiger partial charge in [-0.15, -0.1) is 0 Å². The molecule has 0 radical (unpaired) electrons. The fraction of sp³-hybridized carbons (Fsp3) is 0. The fourth-order valence-electron chi connectivity index (χ4n) is 3.17. The van der Waals surface area contributed by atoms with Gasteiger partial charge < -0.3 is 10.6 Å². The van der Waals surface area contributed by atoms with Crippen LogP contribution in [0, 0.1) is 52.4 Å². The second-order valence-corrected chi connectivity index (χ2v) is 7.20. The highest BCUT2D eigenvalue weighted by molar-refractivity contribution is 5.71. The number of hydrogen-bond acceptors (Lipinski definition) is 2. The number of halogens is 9. The summed E-state index contributed by atoms with van der Waals surface area (Å²) in [6.45, 7) is 0. The van der Waals surface area contributed by atoms with Gasteiger partial charge in [-0.2, -0.15) is 0 Å². The van der Waals surface area contributed by atoms with Gasteiger partial charge in [0, 0.05) is 17.4 Å². The molecule has 0 aliphatic rings. The van der Waals surface area contributed by atoms with Gasteiger partial charge in [-0.05, 0) is 35.4 Å². The SMILES string of the molecule is Fc1cc(Nc2ccc(-c3ccc(Nc4c(F)c(F)c(F)c(F)c4F)cc3)cc2)c(F)c(F)c1F. The van der Waals surface area contributed by atoms with Gasteiger partial charge in [0.1, 0.15) is 5.69 Å². The molecule has 11 heteroatoms. The zero-order chi connectivity index (χ0) is 25.4. The lowest BCUT2D eigenvalue weighted by molar-refractivity contribution is 0.382. The third-order valence-electron chi connectivity index (χ3n) is 4.96. The minimum Gasteiger partial charge on any atom is -0.353 e. The van der Waals surface area contributed by atoms with E-state index in [-0.39, 0.29) is 11.4 Å². The van der Waals surface area contributed by atoms with Crippen LogP contribution < -0.4 is 10.6 Å². The summed E-state index contributed by atoms with van der Waals surface area (Å²) in [5.41, 5.74) is -0.392. The van der Waals surface area contributed by atoms with Crippen molar-refractivity contribution in [3.63, 3.8) is 0 Å². The molecular formula is C24H11F9N2. The molecule has 2 nitrogen and oxygen atoms in total. The van der Waals surface area contributed by atoms with Crippen LogP contribution in [-0.2, 0) is 0 Å². The Balaban J connectivity index is 1.52. The van der Waals surface area contributed by atoms with E-state index in [1.807, 2.05) is 0 Å². The summed E-state index contributed by atoms with van der Waals surface area (Å²) >= 11 is 0. The van der Waals surface area contributed by atoms with E-state index in [0.29, 0.717) is 17.2 Å². The maximum Gasteiger partial charge on any atom is 0.200 e. The Morgan fingerprint density at radius 1 is 0.400 bits per heavy atom. The number of benzene rings is 4. The Kier molecular flexibility index (Phi) is 6.33. The fourth-order valence-corrected chi connectivity index (χ4v) is 3.17. The maximum absolute atomic E-state index is 13.8. The van der Waals surface area contributed by atoms with E-state index in [9.17, 15) is 39.5 Å². The number of hydrogen-bond donors (Lipinski definition) is 2. The van der Waals surface area contributed by atoms with Crippen LogP contribution >= 0.6 is 0 Å². The monoisotopic (exact) mass is 498 g/mol. The lowest BCUT2D eigenvalue weighted by atomic mass is 10.0. The molecule has 4 aromatic rings. The molecule has 0 bridgehead atoms. The second-order valence-electron chi connectivity index (χ2n) is 7.20. The summed E-state index contributed by atoms with van der Waals surface area (Å²) in [5, 5.41) is 4.58. The Morgan fingerprint density at radius 3 is 1.29 bits per heavy atom. The first-order valence-corrected chi connectivity index (χ1v) is 9.67. The molecule has 4 aromatic carbocycles. The Bertz CT molecular complexity index is 1390. The van der Waals surface area contributed by atoms with Gasteiger partial charge in [0.2, 0.25) is 5.82 Å². The van der Waals surface area contributed by atoms with Crippen LogP contribution in [0.2, 0.25) is 0 Å². The average molecular weight is 498 g/mol. The highest BCUT2D eigenvalue weighted by Gasteiger charge is 2.26. The van der Waals surface area contributed by atoms with E-state index in [1.54, 1.807) is 12.1 Å². The van der Waals surface area contributed by atoms with E-state index in [2.05, 4.69) is 10.6 Å². The molecule has 0 heterocycles. The Hall–Kier alpha value is -4.15. The first kappa shape index (κ1) is 24.0. The van der Waals surface area contributed by atoms with Crippen molar-refractivity contribution >= 4 is 22.7 Å². The first-order valence-electron chi connectivity index (χ1n) is 9.67. The molecule has 0 aliphatic carbocycles. The first-order chi connectivity index (χ1) is 16.6. The highest BCUT2D eigenvalue weighted by atomic mass is 19.2. The number of rotatable bonds is 5. The van der Waals surface area contributed by atoms with Crippen LogP contribution in [0.25, 0.3) is 11.1 Å². The summed E-state index contributed by atoms with van der Waals surface area (Å²) in [6, 6.07) is 12.1. The van der Waals surface area contributed by atoms with Crippen molar-refractivity contribution in [2.24, 2.45) is 0 Å². The van der Waals surface area contributed by atoms with Gasteiger partial charge in [0.15, 0.2) is 46.5 Å². The van der Waals surface area contributed by atoms with Gasteiger partial charge in [-0.1, -0.05) is 24.3 Å². The summed E-state index contributed by atoms with van der Waals surface area (Å²) in [6.07, 6.45) is 0. The van der Waals surface area contributed by atoms with Crippen molar-refractivity contribution in [3.05, 3.63) is 107 Å². The minimum absolute atomic E-state index is 0.0334. The van der Waals surface area contributed by atoms with Gasteiger partial charge in [0.05, 0.1) is 5.69 Å². The lowest BCUT2D eigenvalue weighted by Crippen LogP contribution is -2.06. The van der Waals surface area contributed by atoms with Crippen molar-refractivity contribution in [1.82, 2.24) is 0 Å². The zero-order valence-electron chi connectivity index (χ0n) is 17.1. The smallest absolute Gasteiger partial charge is 0.200 e. The minimum atomic E-state index is -2.27. The second kappa shape index (κ2) is 9.24. The van der Waals surface area contributed by atoms with E-state index < -0.39 is 63.7 Å². The zero-order valence-corrected chi connectivity index (χ0v) is 17.1. The largest absolute Gasteiger partial charge is 0.353 e. The standard InChI is InChI=1S/C24H11F9N2/c25-14-9-15(17(27)18(28)16(14)26)34-12-5-1-10(2-6-12)11-3-7-13(8-4-11)35-24-22(32)20(30)19(29)21(31)23(24)33/h1-9,34-35H. The molecule has 0 amide bonds. The summed E-state index contributed by atoms with van der Waals surface area (Å²) < 4.78 is 121. The third kappa shape index (κ3) is 4.48. The molecule has 0 aromatic heterocycles. The number of anilines is 4. The topological polar surface area (TPSA) is 24.1 Å². The Morgan fingerprint density at radius 2 is 0.800 bits per heavy atom. The van der Waals surface area contributed by atoms with Crippen LogP contribution in [-0.4, -0.2) is 0 Å². The van der Waals surface area contributed by atoms with Gasteiger partial charge >= 0.3 is 0 Å². The van der Waals surface area contributed by atoms with Crippen LogP contribution in [0.4, 0.5) is 62.3 Å². The molecule has 0 saturated heterocycles. The summed E-state index contributed by atoms with van der Waals surface area (Å²) in [4.78, 5) is 0. The Labute approximate surface area is 191 Å². The molecule has 2 N–H and O–H groups in total. The van der Waals surface area contributed by atoms with Crippen LogP contribution in [0.15, 0.2) is 54.6 Å². The normalized spacial score (nSPS) is 11.0. The van der Waals surface area contributed by atoms with Crippen molar-refractivity contribution in [2.75, 3.05) is 10.6 Å². The van der Waals surface area contributed by atoms with E-state index in [1.165, 1.54) is 36.4 Å². The lowest BCUT2D eigenvalue weighted by Gasteiger charge is -2.12. The van der Waals surface area contributed by atoms with E-state index in [4.69, 9.17) is 0 Å². The molecular weight excluding hydrogens is 487 g/mol. The van der Waals surface area contributed by atoms with Crippen molar-refractivity contribution in [2.45, 2.75) is 0 Å². The molecule has 0 fully saturated rings. The number of nitrogens with one attached hydrogen (secondary N) is 2. The molecule has 4 rings (SSSR count). The predicted molar refractivity (Wildman–Crippen MR) is 111 cm³/mol. The molecule has 35 heavy (non-hydrogen) atoms. The summed E-state index contributed by atoms with van der Waals surface area (Å²) in [7, 11) is 0. The van der Waals surface area contributed by atoms with Crippen molar-refractivity contribution < 1.29 is 39.5 Å². The third-order valence-corrected chi connectivity index (χ3v) is 4.96. The van der Waals surface area contributed by atoms with E-state index >= 15 is 0 Å². The molecule has 0 aliphatic heterocycles. The highest BCUT2D eigenvalue weighted by Crippen LogP contribution is 2.31. The molecule has 0 atom stereocenters. The summed E-state index contributed by atoms with van der Waals surface area (Å²) in [5.74, 6) is -17.5. The van der Waals surface area contributed by atoms with Gasteiger partial charge in [-0.3, -0.25) is 0 Å². The van der Waals surface area contributed by atoms with Crippen LogP contribution in [0.5, 0.6) is 0 Å². The van der Waals surface area contributed by atoms with E-state index in [0.717, 1.165) is 0 Å². The van der Waals surface area contributed by atoms with Crippen LogP contribution in [0.1, 0.15) is 0 Å². The van der Waals surface area contributed by atoms with Crippen molar-refractivity contribution in [1.29, 1.82) is 0 Å². The molecule has 0 unspecified atom stereocenters. The van der Waals surface area contributed by atoms with Crippen LogP contribution in [0.3, 0.4) is 0 Å². The van der Waals surface area contributed by atoms with Gasteiger partial charge in [0.25, 0.3) is 0 Å².